The Morgan fingerprint density at radius 1 is 1.00 bits per heavy atom. The van der Waals surface area contributed by atoms with E-state index < -0.39 is 29.0 Å². The molecule has 0 spiro atoms. The number of nitrogens with zero attached hydrogens (tertiary/aromatic N) is 1. The highest BCUT2D eigenvalue weighted by Crippen LogP contribution is 2.57. The molecule has 4 atom stereocenters. The molecule has 1 amide bonds. The number of hydrogen-bond acceptors (Lipinski definition) is 5. The Kier molecular flexibility index (Phi) is 13.7. The number of likely N-dealkylation sites (N-methyl/N-ethyl adjacent to an activating group) is 1. The molecule has 0 saturated carbocycles. The Bertz CT molecular complexity index is 1140. The second-order valence-electron chi connectivity index (χ2n) is 14.0. The maximum absolute atomic E-state index is 11.8. The van der Waals surface area contributed by atoms with Crippen molar-refractivity contribution in [1.29, 1.82) is 0 Å². The summed E-state index contributed by atoms with van der Waals surface area (Å²) in [4.78, 5) is 21.9. The lowest BCUT2D eigenvalue weighted by Gasteiger charge is -2.63. The number of likely N-dealkylation sites (tertiary alicyclic amines) is 1. The van der Waals surface area contributed by atoms with E-state index in [-0.39, 0.29) is 12.5 Å². The first-order chi connectivity index (χ1) is 21.0. The molecular weight excluding hydrogens is 552 g/mol. The smallest absolute Gasteiger partial charge is 0.248 e. The van der Waals surface area contributed by atoms with Gasteiger partial charge in [0.25, 0.3) is 0 Å². The van der Waals surface area contributed by atoms with Crippen molar-refractivity contribution in [3.8, 4) is 0 Å². The maximum Gasteiger partial charge on any atom is 0.248 e. The molecule has 0 aromatic heterocycles. The van der Waals surface area contributed by atoms with Crippen LogP contribution >= 0.6 is 0 Å². The third-order valence-electron chi connectivity index (χ3n) is 10.3. The predicted molar refractivity (Wildman–Crippen MR) is 175 cm³/mol. The molecule has 1 aromatic rings. The summed E-state index contributed by atoms with van der Waals surface area (Å²) < 4.78 is 0.746. The van der Waals surface area contributed by atoms with Crippen LogP contribution in [0.2, 0.25) is 0 Å². The summed E-state index contributed by atoms with van der Waals surface area (Å²) >= 11 is 0. The molecule has 4 rings (SSSR count). The molecule has 1 heterocycles. The van der Waals surface area contributed by atoms with Gasteiger partial charge in [-0.2, -0.15) is 0 Å². The van der Waals surface area contributed by atoms with Gasteiger partial charge in [0, 0.05) is 29.8 Å². The number of primary amides is 1. The Labute approximate surface area is 265 Å². The number of aliphatic hydroxyl groups excluding tert-OH is 1. The van der Waals surface area contributed by atoms with Gasteiger partial charge in [-0.3, -0.25) is 4.79 Å². The molecule has 0 radical (unpaired) electrons. The SMILES string of the molecule is CCCCCCCC/C=C\CCCCCCCC(=O)[O-].C[N+]1(C)CC[C@]23CC(O)C=C[C@@]2(O)[C@H]1Cc1ccc(C(N)=O)cc13. The lowest BCUT2D eigenvalue weighted by molar-refractivity contribution is -0.930. The number of benzene rings is 1. The molecule has 4 N–H and O–H groups in total. The van der Waals surface area contributed by atoms with Crippen LogP contribution < -0.4 is 10.8 Å². The Morgan fingerprint density at radius 3 is 2.23 bits per heavy atom. The van der Waals surface area contributed by atoms with Gasteiger partial charge in [0.05, 0.1) is 26.7 Å². The molecule has 3 aliphatic rings. The molecule has 246 valence electrons. The molecule has 1 aliphatic heterocycles. The van der Waals surface area contributed by atoms with E-state index in [0.29, 0.717) is 12.0 Å². The summed E-state index contributed by atoms with van der Waals surface area (Å²) in [5.74, 6) is -1.37. The first-order valence-electron chi connectivity index (χ1n) is 17.2. The van der Waals surface area contributed by atoms with Crippen LogP contribution in [0.4, 0.5) is 0 Å². The summed E-state index contributed by atoms with van der Waals surface area (Å²) in [5.41, 5.74) is 6.51. The fraction of sp³-hybridized carbons (Fsp3) is 0.676. The summed E-state index contributed by atoms with van der Waals surface area (Å²) in [7, 11) is 4.32. The van der Waals surface area contributed by atoms with Crippen LogP contribution in [-0.2, 0) is 16.6 Å². The van der Waals surface area contributed by atoms with E-state index in [1.807, 2.05) is 18.2 Å². The molecule has 7 heteroatoms. The van der Waals surface area contributed by atoms with Crippen molar-refractivity contribution in [2.45, 2.75) is 139 Å². The number of amides is 1. The molecule has 1 fully saturated rings. The number of aliphatic hydroxyl groups is 2. The second kappa shape index (κ2) is 16.7. The third-order valence-corrected chi connectivity index (χ3v) is 10.3. The zero-order valence-electron chi connectivity index (χ0n) is 27.6. The molecule has 1 aromatic carbocycles. The van der Waals surface area contributed by atoms with E-state index in [1.54, 1.807) is 12.1 Å². The number of nitrogens with two attached hydrogens (primary N) is 1. The van der Waals surface area contributed by atoms with Crippen molar-refractivity contribution in [3.05, 3.63) is 59.2 Å². The fourth-order valence-electron chi connectivity index (χ4n) is 7.67. The van der Waals surface area contributed by atoms with Crippen LogP contribution in [0.15, 0.2) is 42.5 Å². The quantitative estimate of drug-likeness (QED) is 0.134. The highest BCUT2D eigenvalue weighted by Gasteiger charge is 2.67. The Morgan fingerprint density at radius 2 is 1.61 bits per heavy atom. The van der Waals surface area contributed by atoms with E-state index >= 15 is 0 Å². The standard InChI is InChI=1S/C19H24N2O3.C18H34O2/c1-21(2)8-7-18-11-14(22)5-6-19(18,24)16(21)10-12-3-4-13(17(20)23)9-15(12)18;1-2-3-4-5-6-7-8-9-10-11-12-13-14-15-16-17-18(19)20/h3-6,9,14,16,22,24H,7-8,10-11H2,1-2H3,(H-,20,23);9-10H,2-8,11-17H2,1H3,(H,19,20)/b;10-9-/t14?,16-,18-,19-;/m1./s1. The number of aliphatic carboxylic acids is 1. The number of hydrogen-bond donors (Lipinski definition) is 3. The van der Waals surface area contributed by atoms with Gasteiger partial charge in [-0.15, -0.1) is 0 Å². The molecule has 2 aliphatic carbocycles. The normalized spacial score (nSPS) is 26.4. The van der Waals surface area contributed by atoms with Gasteiger partial charge in [0.15, 0.2) is 0 Å². The number of unbranched alkanes of at least 4 members (excludes halogenated alkanes) is 11. The molecule has 7 nitrogen and oxygen atoms in total. The number of carbonyl (C=O) groups is 2. The number of quaternary nitrogens is 1. The van der Waals surface area contributed by atoms with Crippen LogP contribution in [0.25, 0.3) is 0 Å². The van der Waals surface area contributed by atoms with E-state index in [0.717, 1.165) is 54.3 Å². The molecule has 2 bridgehead atoms. The monoisotopic (exact) mass is 610 g/mol. The molecule has 1 saturated heterocycles. The van der Waals surface area contributed by atoms with Gasteiger partial charge in [-0.25, -0.2) is 0 Å². The number of carboxylic acids is 1. The van der Waals surface area contributed by atoms with Gasteiger partial charge in [-0.05, 0) is 74.3 Å². The Hall–Kier alpha value is -2.48. The van der Waals surface area contributed by atoms with Crippen LogP contribution in [0.5, 0.6) is 0 Å². The van der Waals surface area contributed by atoms with Crippen LogP contribution in [0.1, 0.15) is 131 Å². The zero-order valence-corrected chi connectivity index (χ0v) is 27.6. The minimum Gasteiger partial charge on any atom is -0.550 e. The van der Waals surface area contributed by atoms with Crippen molar-refractivity contribution in [1.82, 2.24) is 0 Å². The average Bonchev–Trinajstić information content (AvgIpc) is 2.97. The average molecular weight is 611 g/mol. The second-order valence-corrected chi connectivity index (χ2v) is 14.0. The van der Waals surface area contributed by atoms with Gasteiger partial charge in [-0.1, -0.05) is 82.6 Å². The molecule has 1 unspecified atom stereocenters. The molecule has 44 heavy (non-hydrogen) atoms. The highest BCUT2D eigenvalue weighted by molar-refractivity contribution is 5.93. The maximum atomic E-state index is 11.8. The number of carbonyl (C=O) groups excluding carboxylic acids is 2. The van der Waals surface area contributed by atoms with E-state index in [9.17, 15) is 24.9 Å². The van der Waals surface area contributed by atoms with Gasteiger partial charge in [0.2, 0.25) is 5.91 Å². The van der Waals surface area contributed by atoms with E-state index in [2.05, 4.69) is 33.2 Å². The lowest BCUT2D eigenvalue weighted by atomic mass is 9.50. The minimum atomic E-state index is -1.02. The first-order valence-corrected chi connectivity index (χ1v) is 17.2. The van der Waals surface area contributed by atoms with Crippen LogP contribution in [0, 0.1) is 0 Å². The fourth-order valence-corrected chi connectivity index (χ4v) is 7.67. The predicted octanol–water partition coefficient (Wildman–Crippen LogP) is 5.25. The number of piperidine rings is 1. The summed E-state index contributed by atoms with van der Waals surface area (Å²) in [6, 6.07) is 5.62. The largest absolute Gasteiger partial charge is 0.550 e. The molecular formula is C37H58N2O5. The van der Waals surface area contributed by atoms with Crippen LogP contribution in [0.3, 0.4) is 0 Å². The summed E-state index contributed by atoms with van der Waals surface area (Å²) in [6.45, 7) is 3.18. The number of carboxylic acid groups (broad SMARTS) is 1. The van der Waals surface area contributed by atoms with Gasteiger partial charge in [0.1, 0.15) is 11.6 Å². The van der Waals surface area contributed by atoms with Crippen LogP contribution in [-0.4, -0.2) is 65.0 Å². The summed E-state index contributed by atoms with van der Waals surface area (Å²) in [5, 5.41) is 32.3. The van der Waals surface area contributed by atoms with Crippen molar-refractivity contribution in [2.75, 3.05) is 20.6 Å². The van der Waals surface area contributed by atoms with E-state index in [1.165, 1.54) is 64.2 Å². The summed E-state index contributed by atoms with van der Waals surface area (Å²) in [6.07, 6.45) is 25.8. The topological polar surface area (TPSA) is 124 Å². The third kappa shape index (κ3) is 9.04. The van der Waals surface area contributed by atoms with Crippen molar-refractivity contribution < 1.29 is 29.4 Å². The Balaban J connectivity index is 0.000000246. The minimum absolute atomic E-state index is 0.0296. The zero-order chi connectivity index (χ0) is 32.2. The number of allylic oxidation sites excluding steroid dienone is 2. The van der Waals surface area contributed by atoms with Crippen molar-refractivity contribution >= 4 is 11.9 Å². The highest BCUT2D eigenvalue weighted by atomic mass is 16.4. The van der Waals surface area contributed by atoms with Crippen molar-refractivity contribution in [2.24, 2.45) is 5.73 Å². The van der Waals surface area contributed by atoms with Gasteiger partial charge >= 0.3 is 0 Å². The van der Waals surface area contributed by atoms with Crippen molar-refractivity contribution in [3.63, 3.8) is 0 Å². The van der Waals surface area contributed by atoms with Gasteiger partial charge < -0.3 is 30.3 Å². The lowest BCUT2D eigenvalue weighted by Crippen LogP contribution is -2.76. The number of fused-ring (bicyclic) bond motifs is 1. The number of rotatable bonds is 16. The first kappa shape index (κ1) is 36.0. The van der Waals surface area contributed by atoms with E-state index in [4.69, 9.17) is 5.73 Å².